The van der Waals surface area contributed by atoms with Crippen LogP contribution in [0.1, 0.15) is 13.8 Å². The number of carbonyl (C=O) groups excluding carboxylic acids is 1. The Morgan fingerprint density at radius 1 is 0.905 bits per heavy atom. The van der Waals surface area contributed by atoms with Gasteiger partial charge in [-0.25, -0.2) is 5.90 Å². The van der Waals surface area contributed by atoms with Gasteiger partial charge >= 0.3 is 0 Å². The minimum absolute atomic E-state index is 0.142. The normalized spacial score (nSPS) is 9.90. The average molecular weight is 309 g/mol. The zero-order valence-electron chi connectivity index (χ0n) is 13.5. The van der Waals surface area contributed by atoms with Crippen LogP contribution in [0.4, 0.5) is 0 Å². The van der Waals surface area contributed by atoms with Crippen molar-refractivity contribution in [2.45, 2.75) is 13.8 Å². The smallest absolute Gasteiger partial charge is 0.248 e. The second-order valence-electron chi connectivity index (χ2n) is 3.60. The second-order valence-corrected chi connectivity index (χ2v) is 3.60. The van der Waals surface area contributed by atoms with Crippen LogP contribution in [0.15, 0.2) is 0 Å². The Morgan fingerprint density at radius 2 is 1.38 bits per heavy atom. The average Bonchev–Trinajstić information content (AvgIpc) is 2.51. The van der Waals surface area contributed by atoms with Gasteiger partial charge in [-0.2, -0.15) is 0 Å². The predicted molar refractivity (Wildman–Crippen MR) is 80.9 cm³/mol. The van der Waals surface area contributed by atoms with Gasteiger partial charge in [0.2, 0.25) is 5.91 Å². The SMILES string of the molecule is CC.CNCCOCCOCCOCCNC(=O)CON. The van der Waals surface area contributed by atoms with Crippen molar-refractivity contribution in [3.05, 3.63) is 0 Å². The third-order valence-electron chi connectivity index (χ3n) is 2.02. The number of hydrogen-bond donors (Lipinski definition) is 3. The van der Waals surface area contributed by atoms with E-state index in [0.717, 1.165) is 6.54 Å². The second kappa shape index (κ2) is 21.5. The van der Waals surface area contributed by atoms with E-state index in [1.807, 2.05) is 20.9 Å². The number of carbonyl (C=O) groups is 1. The summed E-state index contributed by atoms with van der Waals surface area (Å²) in [6, 6.07) is 0. The molecule has 0 unspecified atom stereocenters. The fourth-order valence-electron chi connectivity index (χ4n) is 1.11. The minimum atomic E-state index is -0.263. The zero-order valence-corrected chi connectivity index (χ0v) is 13.5. The van der Waals surface area contributed by atoms with Gasteiger partial charge in [0.25, 0.3) is 0 Å². The molecule has 4 N–H and O–H groups in total. The first kappa shape index (κ1) is 22.5. The van der Waals surface area contributed by atoms with Crippen molar-refractivity contribution < 1.29 is 23.8 Å². The monoisotopic (exact) mass is 309 g/mol. The maximum Gasteiger partial charge on any atom is 0.248 e. The Morgan fingerprint density at radius 3 is 1.86 bits per heavy atom. The van der Waals surface area contributed by atoms with Crippen LogP contribution in [0.5, 0.6) is 0 Å². The highest BCUT2D eigenvalue weighted by molar-refractivity contribution is 5.77. The molecule has 0 bridgehead atoms. The van der Waals surface area contributed by atoms with Crippen LogP contribution in [-0.2, 0) is 23.8 Å². The lowest BCUT2D eigenvalue weighted by Gasteiger charge is -2.07. The van der Waals surface area contributed by atoms with Gasteiger partial charge in [-0.05, 0) is 7.05 Å². The van der Waals surface area contributed by atoms with Crippen molar-refractivity contribution in [3.63, 3.8) is 0 Å². The van der Waals surface area contributed by atoms with Crippen molar-refractivity contribution in [2.24, 2.45) is 5.90 Å². The molecule has 0 aliphatic heterocycles. The summed E-state index contributed by atoms with van der Waals surface area (Å²) >= 11 is 0. The van der Waals surface area contributed by atoms with Crippen molar-refractivity contribution >= 4 is 5.91 Å². The first-order valence-corrected chi connectivity index (χ1v) is 7.27. The van der Waals surface area contributed by atoms with Crippen molar-refractivity contribution in [3.8, 4) is 0 Å². The number of amides is 1. The number of rotatable bonds is 14. The highest BCUT2D eigenvalue weighted by Crippen LogP contribution is 1.81. The van der Waals surface area contributed by atoms with Gasteiger partial charge in [0.15, 0.2) is 0 Å². The third kappa shape index (κ3) is 21.7. The van der Waals surface area contributed by atoms with Crippen LogP contribution in [0.25, 0.3) is 0 Å². The van der Waals surface area contributed by atoms with Crippen LogP contribution in [0.2, 0.25) is 0 Å². The summed E-state index contributed by atoms with van der Waals surface area (Å²) in [6.07, 6.45) is 0. The summed E-state index contributed by atoms with van der Waals surface area (Å²) in [6.45, 7) is 8.36. The van der Waals surface area contributed by atoms with Crippen LogP contribution in [0, 0.1) is 0 Å². The summed E-state index contributed by atoms with van der Waals surface area (Å²) < 4.78 is 15.8. The molecule has 0 aromatic carbocycles. The van der Waals surface area contributed by atoms with E-state index in [2.05, 4.69) is 15.5 Å². The maximum absolute atomic E-state index is 10.9. The van der Waals surface area contributed by atoms with E-state index in [-0.39, 0.29) is 12.5 Å². The van der Waals surface area contributed by atoms with E-state index in [9.17, 15) is 4.79 Å². The summed E-state index contributed by atoms with van der Waals surface area (Å²) in [4.78, 5) is 15.1. The van der Waals surface area contributed by atoms with E-state index in [1.165, 1.54) is 0 Å². The topological polar surface area (TPSA) is 104 Å². The fraction of sp³-hybridized carbons (Fsp3) is 0.923. The lowest BCUT2D eigenvalue weighted by atomic mass is 10.6. The standard InChI is InChI=1S/C11H25N3O5.C2H6/c1-13-2-4-16-6-8-18-9-7-17-5-3-14-11(15)10-19-12;1-2/h13H,2-10,12H2,1H3,(H,14,15);1-2H3. The molecule has 21 heavy (non-hydrogen) atoms. The first-order valence-electron chi connectivity index (χ1n) is 7.27. The lowest BCUT2D eigenvalue weighted by molar-refractivity contribution is -0.126. The van der Waals surface area contributed by atoms with Crippen LogP contribution >= 0.6 is 0 Å². The molecule has 0 fully saturated rings. The Bertz CT molecular complexity index is 208. The van der Waals surface area contributed by atoms with E-state index in [1.54, 1.807) is 0 Å². The molecular weight excluding hydrogens is 278 g/mol. The van der Waals surface area contributed by atoms with Gasteiger partial charge < -0.3 is 24.8 Å². The summed E-state index contributed by atoms with van der Waals surface area (Å²) in [5, 5.41) is 5.56. The Balaban J connectivity index is 0. The molecule has 0 saturated carbocycles. The van der Waals surface area contributed by atoms with Crippen LogP contribution < -0.4 is 16.5 Å². The number of nitrogens with two attached hydrogens (primary N) is 1. The molecule has 0 radical (unpaired) electrons. The van der Waals surface area contributed by atoms with Gasteiger partial charge in [-0.3, -0.25) is 9.63 Å². The van der Waals surface area contributed by atoms with Gasteiger partial charge in [-0.1, -0.05) is 13.8 Å². The number of likely N-dealkylation sites (N-methyl/N-ethyl adjacent to an activating group) is 1. The predicted octanol–water partition coefficient (Wildman–Crippen LogP) is -0.712. The third-order valence-corrected chi connectivity index (χ3v) is 2.02. The molecule has 0 spiro atoms. The first-order chi connectivity index (χ1) is 10.3. The molecular formula is C13H31N3O5. The zero-order chi connectivity index (χ0) is 16.2. The summed E-state index contributed by atoms with van der Waals surface area (Å²) in [5.41, 5.74) is 0. The fourth-order valence-corrected chi connectivity index (χ4v) is 1.11. The molecule has 0 aliphatic rings. The van der Waals surface area contributed by atoms with Gasteiger partial charge in [-0.15, -0.1) is 0 Å². The molecule has 0 rings (SSSR count). The minimum Gasteiger partial charge on any atom is -0.378 e. The molecule has 8 nitrogen and oxygen atoms in total. The van der Waals surface area contributed by atoms with Crippen LogP contribution in [0.3, 0.4) is 0 Å². The van der Waals surface area contributed by atoms with Crippen LogP contribution in [-0.4, -0.2) is 72.3 Å². The van der Waals surface area contributed by atoms with E-state index in [4.69, 9.17) is 20.1 Å². The molecule has 8 heteroatoms. The largest absolute Gasteiger partial charge is 0.378 e. The number of ether oxygens (including phenoxy) is 3. The molecule has 0 aromatic heterocycles. The van der Waals surface area contributed by atoms with Gasteiger partial charge in [0.05, 0.1) is 39.6 Å². The van der Waals surface area contributed by atoms with Crippen molar-refractivity contribution in [2.75, 3.05) is 66.4 Å². The molecule has 128 valence electrons. The highest BCUT2D eigenvalue weighted by atomic mass is 16.6. The van der Waals surface area contributed by atoms with Gasteiger partial charge in [0, 0.05) is 13.1 Å². The lowest BCUT2D eigenvalue weighted by Crippen LogP contribution is -2.31. The molecule has 0 saturated heterocycles. The van der Waals surface area contributed by atoms with E-state index >= 15 is 0 Å². The Labute approximate surface area is 127 Å². The molecule has 0 aromatic rings. The maximum atomic E-state index is 10.9. The molecule has 0 heterocycles. The van der Waals surface area contributed by atoms with Gasteiger partial charge in [0.1, 0.15) is 6.61 Å². The van der Waals surface area contributed by atoms with E-state index < -0.39 is 0 Å². The Hall–Kier alpha value is -0.770. The quantitative estimate of drug-likeness (QED) is 0.287. The summed E-state index contributed by atoms with van der Waals surface area (Å²) in [7, 11) is 1.88. The molecule has 0 atom stereocenters. The summed E-state index contributed by atoms with van der Waals surface area (Å²) in [5.74, 6) is 4.48. The van der Waals surface area contributed by atoms with Crippen molar-refractivity contribution in [1.82, 2.24) is 10.6 Å². The molecule has 1 amide bonds. The van der Waals surface area contributed by atoms with Crippen molar-refractivity contribution in [1.29, 1.82) is 0 Å². The highest BCUT2D eigenvalue weighted by Gasteiger charge is 1.98. The number of nitrogens with one attached hydrogen (secondary N) is 2. The van der Waals surface area contributed by atoms with E-state index in [0.29, 0.717) is 46.2 Å². The Kier molecular flexibility index (Phi) is 23.1. The molecule has 0 aliphatic carbocycles. The number of hydrogen-bond acceptors (Lipinski definition) is 7.